The average molecular weight is 388 g/mol. The second kappa shape index (κ2) is 7.89. The summed E-state index contributed by atoms with van der Waals surface area (Å²) in [5.41, 5.74) is -1.70. The van der Waals surface area contributed by atoms with Crippen LogP contribution in [0.3, 0.4) is 0 Å². The van der Waals surface area contributed by atoms with E-state index in [9.17, 15) is 33.3 Å². The third kappa shape index (κ3) is 3.99. The van der Waals surface area contributed by atoms with Crippen LogP contribution in [0.15, 0.2) is 30.6 Å². The maximum Gasteiger partial charge on any atom is 0.419 e. The Kier molecular flexibility index (Phi) is 5.81. The Labute approximate surface area is 157 Å². The number of aromatic nitrogens is 2. The third-order valence-corrected chi connectivity index (χ3v) is 4.15. The molecule has 142 valence electrons. The van der Waals surface area contributed by atoms with Crippen molar-refractivity contribution in [1.29, 1.82) is 21.2 Å². The number of nitriles is 3. The van der Waals surface area contributed by atoms with Gasteiger partial charge in [-0.2, -0.15) is 34.1 Å². The number of alkyl halides is 3. The molecule has 1 aromatic heterocycles. The van der Waals surface area contributed by atoms with Crippen molar-refractivity contribution in [3.8, 4) is 18.2 Å². The highest BCUT2D eigenvalue weighted by Crippen LogP contribution is 2.37. The molecule has 2 rings (SSSR count). The Bertz CT molecular complexity index is 1000. The van der Waals surface area contributed by atoms with E-state index in [1.165, 1.54) is 17.1 Å². The minimum atomic E-state index is -4.92. The van der Waals surface area contributed by atoms with Crippen molar-refractivity contribution in [3.63, 3.8) is 0 Å². The molecular weight excluding hydrogens is 376 g/mol. The molecule has 0 fully saturated rings. The number of nitrogens with one attached hydrogen (secondary N) is 1. The van der Waals surface area contributed by atoms with Gasteiger partial charge >= 0.3 is 6.18 Å². The van der Waals surface area contributed by atoms with E-state index in [4.69, 9.17) is 5.41 Å². The summed E-state index contributed by atoms with van der Waals surface area (Å²) in [5, 5.41) is 40.2. The van der Waals surface area contributed by atoms with Gasteiger partial charge < -0.3 is 5.41 Å². The van der Waals surface area contributed by atoms with Crippen LogP contribution in [0.25, 0.3) is 0 Å². The largest absolute Gasteiger partial charge is 0.419 e. The van der Waals surface area contributed by atoms with E-state index in [-0.39, 0.29) is 16.8 Å². The van der Waals surface area contributed by atoms with Crippen molar-refractivity contribution in [2.24, 2.45) is 18.9 Å². The monoisotopic (exact) mass is 388 g/mol. The van der Waals surface area contributed by atoms with Crippen molar-refractivity contribution >= 4 is 5.71 Å². The summed E-state index contributed by atoms with van der Waals surface area (Å²) in [6, 6.07) is 7.11. The average Bonchev–Trinajstić information content (AvgIpc) is 3.07. The first-order valence-electron chi connectivity index (χ1n) is 7.77. The lowest BCUT2D eigenvalue weighted by Crippen LogP contribution is -2.26. The Morgan fingerprint density at radius 1 is 1.18 bits per heavy atom. The number of aryl methyl sites for hydroxylation is 1. The van der Waals surface area contributed by atoms with Gasteiger partial charge in [0.15, 0.2) is 0 Å². The topological polar surface area (TPSA) is 113 Å². The molecule has 1 heterocycles. The van der Waals surface area contributed by atoms with E-state index in [0.717, 1.165) is 6.07 Å². The molecule has 0 bridgehead atoms. The minimum Gasteiger partial charge on any atom is -0.303 e. The van der Waals surface area contributed by atoms with E-state index in [1.54, 1.807) is 19.2 Å². The zero-order valence-corrected chi connectivity index (χ0v) is 14.4. The molecule has 0 spiro atoms. The van der Waals surface area contributed by atoms with E-state index >= 15 is 0 Å². The summed E-state index contributed by atoms with van der Waals surface area (Å²) in [7, 11) is 1.58. The van der Waals surface area contributed by atoms with Gasteiger partial charge in [0, 0.05) is 24.7 Å². The molecule has 28 heavy (non-hydrogen) atoms. The number of rotatable bonds is 5. The summed E-state index contributed by atoms with van der Waals surface area (Å²) in [4.78, 5) is 0. The number of hydrogen-bond acceptors (Lipinski definition) is 5. The van der Waals surface area contributed by atoms with Crippen LogP contribution in [-0.4, -0.2) is 15.5 Å². The van der Waals surface area contributed by atoms with Crippen molar-refractivity contribution in [3.05, 3.63) is 53.1 Å². The fraction of sp³-hybridized carbons (Fsp3) is 0.278. The van der Waals surface area contributed by atoms with Crippen LogP contribution in [0.5, 0.6) is 0 Å². The number of nitrogens with zero attached hydrogens (tertiary/aromatic N) is 5. The molecule has 0 aliphatic carbocycles. The molecule has 0 aliphatic heterocycles. The van der Waals surface area contributed by atoms with Crippen LogP contribution < -0.4 is 0 Å². The Balaban J connectivity index is 2.58. The quantitative estimate of drug-likeness (QED) is 0.623. The predicted octanol–water partition coefficient (Wildman–Crippen LogP) is 3.53. The van der Waals surface area contributed by atoms with Crippen molar-refractivity contribution in [1.82, 2.24) is 9.78 Å². The van der Waals surface area contributed by atoms with E-state index in [0.29, 0.717) is 12.1 Å². The van der Waals surface area contributed by atoms with Crippen LogP contribution in [0.2, 0.25) is 0 Å². The highest BCUT2D eigenvalue weighted by atomic mass is 19.4. The first-order valence-corrected chi connectivity index (χ1v) is 7.77. The van der Waals surface area contributed by atoms with E-state index in [1.807, 2.05) is 6.07 Å². The molecular formula is C18H12F4N6. The number of hydrogen-bond donors (Lipinski definition) is 1. The first-order chi connectivity index (χ1) is 13.1. The SMILES string of the molecule is Cn1cc(C(=N)C(C#N)C(c2ccc(C(F)(F)F)c(F)c2)C(C#N)C#N)cn1. The van der Waals surface area contributed by atoms with Crippen LogP contribution in [0, 0.1) is 57.1 Å². The van der Waals surface area contributed by atoms with Gasteiger partial charge in [-0.15, -0.1) is 0 Å². The normalized spacial score (nSPS) is 13.2. The van der Waals surface area contributed by atoms with Gasteiger partial charge in [0.05, 0.1) is 41.6 Å². The smallest absolute Gasteiger partial charge is 0.303 e. The fourth-order valence-corrected chi connectivity index (χ4v) is 2.80. The van der Waals surface area contributed by atoms with Gasteiger partial charge in [0.2, 0.25) is 0 Å². The summed E-state index contributed by atoms with van der Waals surface area (Å²) < 4.78 is 53.8. The van der Waals surface area contributed by atoms with E-state index in [2.05, 4.69) is 5.10 Å². The van der Waals surface area contributed by atoms with E-state index < -0.39 is 35.3 Å². The van der Waals surface area contributed by atoms with Crippen LogP contribution in [0.1, 0.15) is 22.6 Å². The minimum absolute atomic E-state index is 0.154. The molecule has 2 atom stereocenters. The molecule has 2 aromatic rings. The molecule has 0 radical (unpaired) electrons. The van der Waals surface area contributed by atoms with Gasteiger partial charge in [-0.3, -0.25) is 4.68 Å². The second-order valence-corrected chi connectivity index (χ2v) is 5.92. The second-order valence-electron chi connectivity index (χ2n) is 5.92. The zero-order chi connectivity index (χ0) is 21.1. The Morgan fingerprint density at radius 3 is 2.25 bits per heavy atom. The molecule has 0 saturated heterocycles. The fourth-order valence-electron chi connectivity index (χ4n) is 2.80. The first kappa shape index (κ1) is 20.6. The maximum atomic E-state index is 14.0. The standard InChI is InChI=1S/C18H12F4N6/c1-28-9-12(8-27-28)17(26)13(7-25)16(11(5-23)6-24)10-2-3-14(15(19)4-10)18(20,21)22/h2-4,8-9,11,13,16,26H,1H3. The molecule has 2 unspecified atom stereocenters. The lowest BCUT2D eigenvalue weighted by Gasteiger charge is -2.24. The van der Waals surface area contributed by atoms with Crippen molar-refractivity contribution in [2.45, 2.75) is 12.1 Å². The summed E-state index contributed by atoms with van der Waals surface area (Å²) >= 11 is 0. The lowest BCUT2D eigenvalue weighted by molar-refractivity contribution is -0.140. The Morgan fingerprint density at radius 2 is 1.82 bits per heavy atom. The molecule has 10 heteroatoms. The van der Waals surface area contributed by atoms with Gasteiger partial charge in [-0.05, 0) is 17.7 Å². The van der Waals surface area contributed by atoms with Crippen LogP contribution in [0.4, 0.5) is 17.6 Å². The molecule has 6 nitrogen and oxygen atoms in total. The van der Waals surface area contributed by atoms with Crippen LogP contribution in [-0.2, 0) is 13.2 Å². The van der Waals surface area contributed by atoms with Gasteiger partial charge in [0.25, 0.3) is 0 Å². The van der Waals surface area contributed by atoms with Gasteiger partial charge in [-0.1, -0.05) is 6.07 Å². The summed E-state index contributed by atoms with van der Waals surface area (Å²) in [6.07, 6.45) is -2.19. The third-order valence-electron chi connectivity index (χ3n) is 4.15. The predicted molar refractivity (Wildman–Crippen MR) is 88.0 cm³/mol. The van der Waals surface area contributed by atoms with Gasteiger partial charge in [-0.25, -0.2) is 4.39 Å². The number of benzene rings is 1. The zero-order valence-electron chi connectivity index (χ0n) is 14.4. The summed E-state index contributed by atoms with van der Waals surface area (Å²) in [5.74, 6) is -5.79. The van der Waals surface area contributed by atoms with Crippen molar-refractivity contribution in [2.75, 3.05) is 0 Å². The number of halogens is 4. The molecule has 1 N–H and O–H groups in total. The van der Waals surface area contributed by atoms with Crippen molar-refractivity contribution < 1.29 is 17.6 Å². The molecule has 0 aliphatic rings. The highest BCUT2D eigenvalue weighted by molar-refractivity contribution is 6.01. The molecule has 0 amide bonds. The lowest BCUT2D eigenvalue weighted by atomic mass is 9.75. The Hall–Kier alpha value is -3.71. The van der Waals surface area contributed by atoms with Crippen LogP contribution >= 0.6 is 0 Å². The van der Waals surface area contributed by atoms with Gasteiger partial charge in [0.1, 0.15) is 11.7 Å². The highest BCUT2D eigenvalue weighted by Gasteiger charge is 2.38. The maximum absolute atomic E-state index is 14.0. The summed E-state index contributed by atoms with van der Waals surface area (Å²) in [6.45, 7) is 0. The molecule has 1 aromatic carbocycles. The molecule has 0 saturated carbocycles.